The van der Waals surface area contributed by atoms with Crippen LogP contribution in [0, 0.1) is 27.7 Å². The number of rotatable bonds is 5. The summed E-state index contributed by atoms with van der Waals surface area (Å²) >= 11 is 0. The Morgan fingerprint density at radius 2 is 1.53 bits per heavy atom. The Kier molecular flexibility index (Phi) is 6.68. The molecule has 5 nitrogen and oxygen atoms in total. The minimum absolute atomic E-state index is 0.180. The Labute approximate surface area is 180 Å². The van der Waals surface area contributed by atoms with Gasteiger partial charge in [0.05, 0.1) is 10.9 Å². The molecular formula is C24H32N2O3S. The van der Waals surface area contributed by atoms with Gasteiger partial charge in [0.2, 0.25) is 10.0 Å². The third-order valence-corrected chi connectivity index (χ3v) is 8.12. The summed E-state index contributed by atoms with van der Waals surface area (Å²) in [7, 11) is -3.59. The van der Waals surface area contributed by atoms with E-state index < -0.39 is 10.0 Å². The lowest BCUT2D eigenvalue weighted by Gasteiger charge is -2.26. The van der Waals surface area contributed by atoms with Gasteiger partial charge in [0.15, 0.2) is 0 Å². The van der Waals surface area contributed by atoms with E-state index in [0.717, 1.165) is 30.4 Å². The predicted octanol–water partition coefficient (Wildman–Crippen LogP) is 4.59. The molecule has 30 heavy (non-hydrogen) atoms. The predicted molar refractivity (Wildman–Crippen MR) is 120 cm³/mol. The van der Waals surface area contributed by atoms with E-state index in [1.165, 1.54) is 17.2 Å². The van der Waals surface area contributed by atoms with Gasteiger partial charge in [-0.05, 0) is 87.4 Å². The van der Waals surface area contributed by atoms with E-state index in [-0.39, 0.29) is 16.8 Å². The van der Waals surface area contributed by atoms with Crippen LogP contribution in [-0.4, -0.2) is 31.7 Å². The molecule has 2 aromatic rings. The standard InChI is InChI=1S/C24H32N2O3S/c1-16-9-10-21(15-23(16)30(28,29)26-11-7-6-8-12-26)24(27)25-20(5)22-14-18(3)17(2)13-19(22)4/h9-10,13-15,20H,6-8,11-12H2,1-5H3,(H,25,27). The van der Waals surface area contributed by atoms with E-state index in [2.05, 4.69) is 31.3 Å². The van der Waals surface area contributed by atoms with E-state index in [4.69, 9.17) is 0 Å². The average molecular weight is 429 g/mol. The van der Waals surface area contributed by atoms with Gasteiger partial charge in [0.25, 0.3) is 5.91 Å². The fraction of sp³-hybridized carbons (Fsp3) is 0.458. The first-order valence-corrected chi connectivity index (χ1v) is 12.0. The molecule has 162 valence electrons. The molecule has 1 saturated heterocycles. The fourth-order valence-corrected chi connectivity index (χ4v) is 5.84. The molecular weight excluding hydrogens is 396 g/mol. The molecule has 6 heteroatoms. The Bertz CT molecular complexity index is 1050. The van der Waals surface area contributed by atoms with Gasteiger partial charge in [0, 0.05) is 18.7 Å². The molecule has 1 amide bonds. The molecule has 1 atom stereocenters. The van der Waals surface area contributed by atoms with Crippen LogP contribution in [0.4, 0.5) is 0 Å². The van der Waals surface area contributed by atoms with Gasteiger partial charge in [0.1, 0.15) is 0 Å². The molecule has 0 aromatic heterocycles. The lowest BCUT2D eigenvalue weighted by molar-refractivity contribution is 0.0939. The van der Waals surface area contributed by atoms with Crippen LogP contribution >= 0.6 is 0 Å². The number of amides is 1. The van der Waals surface area contributed by atoms with Crippen molar-refractivity contribution in [3.05, 3.63) is 63.7 Å². The summed E-state index contributed by atoms with van der Waals surface area (Å²) < 4.78 is 27.8. The Morgan fingerprint density at radius 1 is 0.900 bits per heavy atom. The van der Waals surface area contributed by atoms with Crippen LogP contribution in [-0.2, 0) is 10.0 Å². The third kappa shape index (κ3) is 4.60. The minimum Gasteiger partial charge on any atom is -0.346 e. The van der Waals surface area contributed by atoms with Crippen LogP contribution in [0.5, 0.6) is 0 Å². The lowest BCUT2D eigenvalue weighted by atomic mass is 9.96. The highest BCUT2D eigenvalue weighted by atomic mass is 32.2. The molecule has 3 rings (SSSR count). The van der Waals surface area contributed by atoms with Crippen LogP contribution in [0.3, 0.4) is 0 Å². The smallest absolute Gasteiger partial charge is 0.251 e. The van der Waals surface area contributed by atoms with Crippen LogP contribution in [0.15, 0.2) is 35.2 Å². The molecule has 1 aliphatic rings. The number of benzene rings is 2. The van der Waals surface area contributed by atoms with E-state index >= 15 is 0 Å². The molecule has 1 unspecified atom stereocenters. The first-order valence-electron chi connectivity index (χ1n) is 10.6. The number of hydrogen-bond donors (Lipinski definition) is 1. The number of carbonyl (C=O) groups excluding carboxylic acids is 1. The van der Waals surface area contributed by atoms with E-state index in [1.807, 2.05) is 13.8 Å². The van der Waals surface area contributed by atoms with Crippen LogP contribution < -0.4 is 5.32 Å². The molecule has 0 bridgehead atoms. The maximum Gasteiger partial charge on any atom is 0.251 e. The zero-order valence-electron chi connectivity index (χ0n) is 18.6. The monoisotopic (exact) mass is 428 g/mol. The summed E-state index contributed by atoms with van der Waals surface area (Å²) in [6, 6.07) is 8.99. The zero-order valence-corrected chi connectivity index (χ0v) is 19.4. The fourth-order valence-electron chi connectivity index (χ4n) is 4.07. The maximum atomic E-state index is 13.1. The summed E-state index contributed by atoms with van der Waals surface area (Å²) in [5.74, 6) is -0.268. The number of sulfonamides is 1. The van der Waals surface area contributed by atoms with Crippen molar-refractivity contribution in [2.24, 2.45) is 0 Å². The summed E-state index contributed by atoms with van der Waals surface area (Å²) in [5, 5.41) is 3.03. The van der Waals surface area contributed by atoms with Crippen molar-refractivity contribution in [1.29, 1.82) is 0 Å². The van der Waals surface area contributed by atoms with Gasteiger partial charge < -0.3 is 5.32 Å². The molecule has 0 spiro atoms. The highest BCUT2D eigenvalue weighted by Gasteiger charge is 2.28. The normalized spacial score (nSPS) is 16.3. The molecule has 2 aromatic carbocycles. The second-order valence-corrected chi connectivity index (χ2v) is 10.3. The van der Waals surface area contributed by atoms with Gasteiger partial charge in [-0.15, -0.1) is 0 Å². The summed E-state index contributed by atoms with van der Waals surface area (Å²) in [5.41, 5.74) is 5.63. The zero-order chi connectivity index (χ0) is 22.1. The first kappa shape index (κ1) is 22.5. The van der Waals surface area contributed by atoms with Gasteiger partial charge in [-0.25, -0.2) is 8.42 Å². The van der Waals surface area contributed by atoms with Crippen molar-refractivity contribution in [2.75, 3.05) is 13.1 Å². The number of hydrogen-bond acceptors (Lipinski definition) is 3. The van der Waals surface area contributed by atoms with Crippen LogP contribution in [0.1, 0.15) is 70.4 Å². The topological polar surface area (TPSA) is 66.5 Å². The number of nitrogens with one attached hydrogen (secondary N) is 1. The van der Waals surface area contributed by atoms with Gasteiger partial charge in [-0.2, -0.15) is 4.31 Å². The molecule has 0 radical (unpaired) electrons. The van der Waals surface area contributed by atoms with E-state index in [9.17, 15) is 13.2 Å². The number of carbonyl (C=O) groups is 1. The highest BCUT2D eigenvalue weighted by molar-refractivity contribution is 7.89. The van der Waals surface area contributed by atoms with Crippen molar-refractivity contribution in [1.82, 2.24) is 9.62 Å². The van der Waals surface area contributed by atoms with E-state index in [0.29, 0.717) is 24.2 Å². The molecule has 1 aliphatic heterocycles. The summed E-state index contributed by atoms with van der Waals surface area (Å²) in [6.45, 7) is 11.0. The van der Waals surface area contributed by atoms with Crippen molar-refractivity contribution in [2.45, 2.75) is 64.8 Å². The van der Waals surface area contributed by atoms with Crippen molar-refractivity contribution in [3.8, 4) is 0 Å². The summed E-state index contributed by atoms with van der Waals surface area (Å²) in [4.78, 5) is 13.2. The second kappa shape index (κ2) is 8.90. The second-order valence-electron chi connectivity index (χ2n) is 8.43. The van der Waals surface area contributed by atoms with Crippen molar-refractivity contribution in [3.63, 3.8) is 0 Å². The first-order chi connectivity index (χ1) is 14.1. The largest absolute Gasteiger partial charge is 0.346 e. The average Bonchev–Trinajstić information content (AvgIpc) is 2.71. The van der Waals surface area contributed by atoms with Crippen LogP contribution in [0.2, 0.25) is 0 Å². The molecule has 1 heterocycles. The van der Waals surface area contributed by atoms with Crippen molar-refractivity contribution >= 4 is 15.9 Å². The van der Waals surface area contributed by atoms with Gasteiger partial charge in [-0.3, -0.25) is 4.79 Å². The van der Waals surface area contributed by atoms with Crippen molar-refractivity contribution < 1.29 is 13.2 Å². The maximum absolute atomic E-state index is 13.1. The Balaban J connectivity index is 1.85. The number of nitrogens with zero attached hydrogens (tertiary/aromatic N) is 1. The minimum atomic E-state index is -3.59. The molecule has 1 fully saturated rings. The van der Waals surface area contributed by atoms with Gasteiger partial charge in [-0.1, -0.05) is 24.6 Å². The van der Waals surface area contributed by atoms with Crippen LogP contribution in [0.25, 0.3) is 0 Å². The molecule has 1 N–H and O–H groups in total. The SMILES string of the molecule is Cc1cc(C)c(C(C)NC(=O)c2ccc(C)c(S(=O)(=O)N3CCCCC3)c2)cc1C. The quantitative estimate of drug-likeness (QED) is 0.758. The summed E-state index contributed by atoms with van der Waals surface area (Å²) in [6.07, 6.45) is 2.82. The number of aryl methyl sites for hydroxylation is 4. The Hall–Kier alpha value is -2.18. The van der Waals surface area contributed by atoms with Gasteiger partial charge >= 0.3 is 0 Å². The molecule has 0 saturated carbocycles. The number of piperidine rings is 1. The third-order valence-electron chi connectivity index (χ3n) is 6.08. The lowest BCUT2D eigenvalue weighted by Crippen LogP contribution is -2.36. The molecule has 0 aliphatic carbocycles. The van der Waals surface area contributed by atoms with E-state index in [1.54, 1.807) is 23.4 Å². The highest BCUT2D eigenvalue weighted by Crippen LogP contribution is 2.26. The Morgan fingerprint density at radius 3 is 2.20 bits per heavy atom.